The smallest absolute Gasteiger partial charge is 0.256 e. The van der Waals surface area contributed by atoms with Crippen molar-refractivity contribution in [1.29, 1.82) is 0 Å². The van der Waals surface area contributed by atoms with Gasteiger partial charge in [0.25, 0.3) is 5.91 Å². The molecule has 2 amide bonds. The van der Waals surface area contributed by atoms with Gasteiger partial charge < -0.3 is 14.4 Å². The van der Waals surface area contributed by atoms with Crippen LogP contribution in [0.2, 0.25) is 0 Å². The molecule has 7 nitrogen and oxygen atoms in total. The minimum atomic E-state index is -0.427. The number of benzene rings is 1. The summed E-state index contributed by atoms with van der Waals surface area (Å²) >= 11 is 0. The molecular formula is C34H44FN5O2. The molecule has 1 unspecified atom stereocenters. The fourth-order valence-electron chi connectivity index (χ4n) is 8.45. The third-order valence-electron chi connectivity index (χ3n) is 11.2. The molecule has 0 radical (unpaired) electrons. The van der Waals surface area contributed by atoms with Gasteiger partial charge in [0.05, 0.1) is 23.0 Å². The molecule has 4 atom stereocenters. The van der Waals surface area contributed by atoms with Crippen molar-refractivity contribution in [2.45, 2.75) is 91.4 Å². The van der Waals surface area contributed by atoms with Gasteiger partial charge in [-0.15, -0.1) is 0 Å². The maximum atomic E-state index is 14.4. The Morgan fingerprint density at radius 3 is 2.55 bits per heavy atom. The van der Waals surface area contributed by atoms with E-state index in [4.69, 9.17) is 0 Å². The predicted octanol–water partition coefficient (Wildman–Crippen LogP) is 5.61. The van der Waals surface area contributed by atoms with Gasteiger partial charge in [-0.25, -0.2) is 4.39 Å². The number of pyridine rings is 1. The van der Waals surface area contributed by atoms with Crippen LogP contribution < -0.4 is 0 Å². The molecule has 2 aromatic heterocycles. The molecule has 0 N–H and O–H groups in total. The van der Waals surface area contributed by atoms with Crippen molar-refractivity contribution >= 4 is 22.7 Å². The van der Waals surface area contributed by atoms with E-state index in [2.05, 4.69) is 48.7 Å². The number of likely N-dealkylation sites (tertiary alicyclic amines) is 2. The first-order chi connectivity index (χ1) is 19.8. The molecule has 224 valence electrons. The van der Waals surface area contributed by atoms with Crippen molar-refractivity contribution in [2.24, 2.45) is 11.3 Å². The molecule has 6 rings (SSSR count). The number of nitrogens with zero attached hydrogens (tertiary/aromatic N) is 5. The van der Waals surface area contributed by atoms with E-state index >= 15 is 0 Å². The molecule has 2 aliphatic heterocycles. The maximum absolute atomic E-state index is 14.4. The van der Waals surface area contributed by atoms with Crippen LogP contribution in [0.25, 0.3) is 16.6 Å². The van der Waals surface area contributed by atoms with E-state index < -0.39 is 5.82 Å². The Kier molecular flexibility index (Phi) is 6.80. The Morgan fingerprint density at radius 2 is 1.88 bits per heavy atom. The number of fused-ring (bicyclic) bond motifs is 2. The molecule has 3 aromatic rings. The Morgan fingerprint density at radius 1 is 1.17 bits per heavy atom. The van der Waals surface area contributed by atoms with Gasteiger partial charge in [0, 0.05) is 73.9 Å². The lowest BCUT2D eigenvalue weighted by atomic mass is 9.60. The molecule has 42 heavy (non-hydrogen) atoms. The fraction of sp³-hybridized carbons (Fsp3) is 0.559. The molecule has 2 saturated heterocycles. The van der Waals surface area contributed by atoms with Gasteiger partial charge in [0.15, 0.2) is 0 Å². The second kappa shape index (κ2) is 9.90. The van der Waals surface area contributed by atoms with Crippen molar-refractivity contribution in [1.82, 2.24) is 24.3 Å². The Bertz CT molecular complexity index is 1580. The van der Waals surface area contributed by atoms with Crippen LogP contribution in [0, 0.1) is 24.1 Å². The molecule has 8 heteroatoms. The van der Waals surface area contributed by atoms with Crippen LogP contribution in [0.15, 0.2) is 36.8 Å². The topological polar surface area (TPSA) is 61.7 Å². The van der Waals surface area contributed by atoms with E-state index in [1.165, 1.54) is 17.7 Å². The molecule has 3 fully saturated rings. The standard InChI is InChI=1S/C34H44FN5O2/c1-20(2)37(8)32(42)28-12-26(35)9-10-29(28)39-19-25(31-21(3)15-36-16-30(31)39)11-24-17-38(18-24)27-13-33(6)22(4)40(23(5)41)34(33,7)14-27/h9-10,12,15-16,19-20,22,24,27H,11,13-14,17-18H2,1-8H3/t22-,27?,33+,34-/m1/s1. The summed E-state index contributed by atoms with van der Waals surface area (Å²) < 4.78 is 16.5. The van der Waals surface area contributed by atoms with Gasteiger partial charge in [0.1, 0.15) is 5.82 Å². The molecule has 1 aliphatic carbocycles. The van der Waals surface area contributed by atoms with Crippen LogP contribution in [0.5, 0.6) is 0 Å². The van der Waals surface area contributed by atoms with Crippen molar-refractivity contribution in [3.8, 4) is 5.69 Å². The average molecular weight is 574 g/mol. The van der Waals surface area contributed by atoms with E-state index in [9.17, 15) is 14.0 Å². The number of carbonyl (C=O) groups is 2. The molecule has 0 spiro atoms. The molecule has 0 bridgehead atoms. The minimum Gasteiger partial charge on any atom is -0.339 e. The van der Waals surface area contributed by atoms with Crippen molar-refractivity contribution in [3.05, 3.63) is 59.3 Å². The summed E-state index contributed by atoms with van der Waals surface area (Å²) in [4.78, 5) is 36.7. The summed E-state index contributed by atoms with van der Waals surface area (Å²) in [6, 6.07) is 5.25. The number of amides is 2. The maximum Gasteiger partial charge on any atom is 0.256 e. The van der Waals surface area contributed by atoms with Crippen LogP contribution >= 0.6 is 0 Å². The van der Waals surface area contributed by atoms with Crippen LogP contribution in [0.1, 0.15) is 75.9 Å². The van der Waals surface area contributed by atoms with E-state index in [1.807, 2.05) is 30.8 Å². The number of rotatable bonds is 6. The largest absolute Gasteiger partial charge is 0.339 e. The molecule has 1 saturated carbocycles. The number of carbonyl (C=O) groups excluding carboxylic acids is 2. The third kappa shape index (κ3) is 4.12. The SMILES string of the molecule is CC(=O)N1[C@H](C)[C@]2(C)CC(N3CC(Cc4cn(-c5ccc(F)cc5C(=O)N(C)C(C)C)c5cncc(C)c45)C3)C[C@@]12C. The molecular weight excluding hydrogens is 529 g/mol. The highest BCUT2D eigenvalue weighted by atomic mass is 19.1. The normalized spacial score (nSPS) is 27.7. The summed E-state index contributed by atoms with van der Waals surface area (Å²) in [5.74, 6) is 0.0818. The van der Waals surface area contributed by atoms with Gasteiger partial charge in [-0.3, -0.25) is 19.5 Å². The summed E-state index contributed by atoms with van der Waals surface area (Å²) in [7, 11) is 1.75. The van der Waals surface area contributed by atoms with Gasteiger partial charge in [0.2, 0.25) is 5.91 Å². The highest BCUT2D eigenvalue weighted by molar-refractivity contribution is 5.99. The van der Waals surface area contributed by atoms with Crippen LogP contribution in [-0.2, 0) is 11.2 Å². The first-order valence-corrected chi connectivity index (χ1v) is 15.3. The Balaban J connectivity index is 1.25. The van der Waals surface area contributed by atoms with Crippen molar-refractivity contribution in [2.75, 3.05) is 20.1 Å². The summed E-state index contributed by atoms with van der Waals surface area (Å²) in [5.41, 5.74) is 4.38. The zero-order chi connectivity index (χ0) is 30.3. The van der Waals surface area contributed by atoms with E-state index in [-0.39, 0.29) is 34.9 Å². The van der Waals surface area contributed by atoms with E-state index in [0.717, 1.165) is 48.8 Å². The highest BCUT2D eigenvalue weighted by Crippen LogP contribution is 2.63. The number of aryl methyl sites for hydroxylation is 1. The van der Waals surface area contributed by atoms with Gasteiger partial charge >= 0.3 is 0 Å². The van der Waals surface area contributed by atoms with Crippen molar-refractivity contribution < 1.29 is 14.0 Å². The van der Waals surface area contributed by atoms with Gasteiger partial charge in [-0.2, -0.15) is 0 Å². The first-order valence-electron chi connectivity index (χ1n) is 15.3. The number of hydrogen-bond donors (Lipinski definition) is 0. The Labute approximate surface area is 248 Å². The Hall–Kier alpha value is -3.26. The van der Waals surface area contributed by atoms with Crippen molar-refractivity contribution in [3.63, 3.8) is 0 Å². The predicted molar refractivity (Wildman–Crippen MR) is 163 cm³/mol. The monoisotopic (exact) mass is 573 g/mol. The molecule has 3 aliphatic rings. The lowest BCUT2D eigenvalue weighted by molar-refractivity contribution is -0.186. The second-order valence-electron chi connectivity index (χ2n) is 13.9. The number of aromatic nitrogens is 2. The van der Waals surface area contributed by atoms with E-state index in [0.29, 0.717) is 23.2 Å². The average Bonchev–Trinajstić information content (AvgIpc) is 3.38. The zero-order valence-electron chi connectivity index (χ0n) is 26.2. The number of halogens is 1. The minimum absolute atomic E-state index is 0.00922. The molecule has 1 aromatic carbocycles. The lowest BCUT2D eigenvalue weighted by Crippen LogP contribution is -2.75. The zero-order valence-corrected chi connectivity index (χ0v) is 26.2. The van der Waals surface area contributed by atoms with Crippen LogP contribution in [-0.4, -0.2) is 79.9 Å². The quantitative estimate of drug-likeness (QED) is 0.385. The van der Waals surface area contributed by atoms with Crippen LogP contribution in [0.3, 0.4) is 0 Å². The second-order valence-corrected chi connectivity index (χ2v) is 13.9. The van der Waals surface area contributed by atoms with Gasteiger partial charge in [-0.1, -0.05) is 6.92 Å². The first kappa shape index (κ1) is 28.8. The molecule has 4 heterocycles. The highest BCUT2D eigenvalue weighted by Gasteiger charge is 2.69. The van der Waals surface area contributed by atoms with Crippen LogP contribution in [0.4, 0.5) is 4.39 Å². The summed E-state index contributed by atoms with van der Waals surface area (Å²) in [6.45, 7) is 16.6. The lowest BCUT2D eigenvalue weighted by Gasteiger charge is -2.65. The fourth-order valence-corrected chi connectivity index (χ4v) is 8.45. The van der Waals surface area contributed by atoms with E-state index in [1.54, 1.807) is 24.9 Å². The summed E-state index contributed by atoms with van der Waals surface area (Å²) in [5, 5.41) is 1.16. The summed E-state index contributed by atoms with van der Waals surface area (Å²) in [6.07, 6.45) is 8.97. The number of hydrogen-bond acceptors (Lipinski definition) is 4. The third-order valence-corrected chi connectivity index (χ3v) is 11.2. The van der Waals surface area contributed by atoms with Gasteiger partial charge in [-0.05, 0) is 89.1 Å².